The molecular weight excluding hydrogens is 300 g/mol. The summed E-state index contributed by atoms with van der Waals surface area (Å²) in [6, 6.07) is 12.2. The zero-order chi connectivity index (χ0) is 17.7. The third kappa shape index (κ3) is 2.08. The van der Waals surface area contributed by atoms with Crippen LogP contribution >= 0.6 is 0 Å². The summed E-state index contributed by atoms with van der Waals surface area (Å²) in [5.74, 6) is -0.401. The van der Waals surface area contributed by atoms with Gasteiger partial charge in [-0.3, -0.25) is 0 Å². The molecule has 1 aliphatic carbocycles. The molecule has 0 fully saturated rings. The average molecular weight is 322 g/mol. The molecule has 1 heterocycles. The van der Waals surface area contributed by atoms with Crippen molar-refractivity contribution >= 4 is 5.97 Å². The van der Waals surface area contributed by atoms with Crippen molar-refractivity contribution in [3.05, 3.63) is 52.8 Å². The van der Waals surface area contributed by atoms with Crippen LogP contribution in [-0.2, 0) is 15.6 Å². The van der Waals surface area contributed by atoms with Crippen molar-refractivity contribution in [3.63, 3.8) is 0 Å². The number of esters is 1. The van der Waals surface area contributed by atoms with Crippen molar-refractivity contribution in [2.24, 2.45) is 0 Å². The van der Waals surface area contributed by atoms with E-state index in [0.717, 1.165) is 22.5 Å². The molecule has 0 spiro atoms. The molecule has 2 aromatic rings. The molecule has 0 saturated carbocycles. The lowest BCUT2D eigenvalue weighted by atomic mass is 9.80. The molecule has 1 atom stereocenters. The number of carbonyl (C=O) groups is 1. The Kier molecular flexibility index (Phi) is 3.56. The number of hydrogen-bond donors (Lipinski definition) is 0. The average Bonchev–Trinajstić information content (AvgIpc) is 2.99. The maximum Gasteiger partial charge on any atom is 0.355 e. The van der Waals surface area contributed by atoms with Crippen molar-refractivity contribution in [1.29, 1.82) is 5.26 Å². The molecule has 0 saturated heterocycles. The Labute approximate surface area is 142 Å². The van der Waals surface area contributed by atoms with Gasteiger partial charge in [-0.1, -0.05) is 32.0 Å². The SMILES string of the molecule is COC(=O)c1c2c(c(C)n1-c1ccccc1)C(C)(C)CC2(C)C#N. The van der Waals surface area contributed by atoms with E-state index in [4.69, 9.17) is 4.74 Å². The predicted molar refractivity (Wildman–Crippen MR) is 92.5 cm³/mol. The van der Waals surface area contributed by atoms with E-state index in [1.54, 1.807) is 0 Å². The molecule has 0 bridgehead atoms. The van der Waals surface area contributed by atoms with Gasteiger partial charge in [0.25, 0.3) is 0 Å². The van der Waals surface area contributed by atoms with Gasteiger partial charge >= 0.3 is 5.97 Å². The molecule has 1 aromatic heterocycles. The maximum absolute atomic E-state index is 12.6. The number of nitrogens with zero attached hydrogens (tertiary/aromatic N) is 2. The number of aromatic nitrogens is 1. The van der Waals surface area contributed by atoms with Gasteiger partial charge in [0, 0.05) is 16.9 Å². The first kappa shape index (κ1) is 16.3. The predicted octanol–water partition coefficient (Wildman–Crippen LogP) is 4.03. The van der Waals surface area contributed by atoms with Crippen molar-refractivity contribution in [3.8, 4) is 11.8 Å². The molecule has 3 rings (SSSR count). The molecule has 4 heteroatoms. The highest BCUT2D eigenvalue weighted by Gasteiger charge is 2.51. The van der Waals surface area contributed by atoms with Crippen LogP contribution in [0, 0.1) is 18.3 Å². The largest absolute Gasteiger partial charge is 0.464 e. The van der Waals surface area contributed by atoms with Crippen molar-refractivity contribution in [2.45, 2.75) is 44.9 Å². The molecule has 0 N–H and O–H groups in total. The number of methoxy groups -OCH3 is 1. The smallest absolute Gasteiger partial charge is 0.355 e. The second kappa shape index (κ2) is 5.24. The van der Waals surface area contributed by atoms with E-state index in [1.165, 1.54) is 7.11 Å². The number of rotatable bonds is 2. The number of para-hydroxylation sites is 1. The highest BCUT2D eigenvalue weighted by molar-refractivity contribution is 5.93. The summed E-state index contributed by atoms with van der Waals surface area (Å²) in [5.41, 5.74) is 3.42. The van der Waals surface area contributed by atoms with E-state index >= 15 is 0 Å². The highest BCUT2D eigenvalue weighted by Crippen LogP contribution is 2.53. The van der Waals surface area contributed by atoms with Crippen LogP contribution in [-0.4, -0.2) is 17.6 Å². The Morgan fingerprint density at radius 3 is 2.38 bits per heavy atom. The maximum atomic E-state index is 12.6. The zero-order valence-corrected chi connectivity index (χ0v) is 14.8. The first-order valence-electron chi connectivity index (χ1n) is 8.08. The van der Waals surface area contributed by atoms with Crippen LogP contribution < -0.4 is 0 Å². The van der Waals surface area contributed by atoms with E-state index in [2.05, 4.69) is 19.9 Å². The van der Waals surface area contributed by atoms with Gasteiger partial charge in [0.2, 0.25) is 0 Å². The number of carbonyl (C=O) groups excluding carboxylic acids is 1. The Hall–Kier alpha value is -2.54. The fourth-order valence-corrected chi connectivity index (χ4v) is 4.40. The van der Waals surface area contributed by atoms with Crippen LogP contribution in [0.5, 0.6) is 0 Å². The van der Waals surface area contributed by atoms with Crippen molar-refractivity contribution < 1.29 is 9.53 Å². The molecule has 4 nitrogen and oxygen atoms in total. The van der Waals surface area contributed by atoms with Crippen LogP contribution in [0.2, 0.25) is 0 Å². The second-order valence-electron chi connectivity index (χ2n) is 7.35. The lowest BCUT2D eigenvalue weighted by molar-refractivity contribution is 0.0589. The van der Waals surface area contributed by atoms with Gasteiger partial charge < -0.3 is 9.30 Å². The van der Waals surface area contributed by atoms with Crippen LogP contribution in [0.4, 0.5) is 0 Å². The summed E-state index contributed by atoms with van der Waals surface area (Å²) < 4.78 is 7.01. The van der Waals surface area contributed by atoms with Crippen LogP contribution in [0.15, 0.2) is 30.3 Å². The van der Waals surface area contributed by atoms with E-state index in [9.17, 15) is 10.1 Å². The number of hydrogen-bond acceptors (Lipinski definition) is 3. The van der Waals surface area contributed by atoms with Gasteiger partial charge in [0.1, 0.15) is 5.69 Å². The summed E-state index contributed by atoms with van der Waals surface area (Å²) in [7, 11) is 1.39. The normalized spacial score (nSPS) is 21.2. The first-order valence-corrected chi connectivity index (χ1v) is 8.08. The highest BCUT2D eigenvalue weighted by atomic mass is 16.5. The third-order valence-corrected chi connectivity index (χ3v) is 5.07. The van der Waals surface area contributed by atoms with Crippen molar-refractivity contribution in [1.82, 2.24) is 4.57 Å². The molecule has 0 amide bonds. The minimum Gasteiger partial charge on any atom is -0.464 e. The van der Waals surface area contributed by atoms with E-state index < -0.39 is 11.4 Å². The molecule has 1 aliphatic rings. The minimum atomic E-state index is -0.701. The zero-order valence-electron chi connectivity index (χ0n) is 14.8. The molecule has 1 aromatic carbocycles. The van der Waals surface area contributed by atoms with Gasteiger partial charge in [0.15, 0.2) is 0 Å². The van der Waals surface area contributed by atoms with Gasteiger partial charge in [-0.25, -0.2) is 4.79 Å². The Balaban J connectivity index is 2.45. The molecule has 0 aliphatic heterocycles. The molecule has 0 radical (unpaired) electrons. The van der Waals surface area contributed by atoms with Gasteiger partial charge in [-0.2, -0.15) is 5.26 Å². The second-order valence-corrected chi connectivity index (χ2v) is 7.35. The van der Waals surface area contributed by atoms with Crippen LogP contribution in [0.3, 0.4) is 0 Å². The van der Waals surface area contributed by atoms with Crippen LogP contribution in [0.1, 0.15) is 54.5 Å². The number of benzene rings is 1. The summed E-state index contributed by atoms with van der Waals surface area (Å²) in [6.07, 6.45) is 0.696. The standard InChI is InChI=1S/C20H22N2O2/c1-13-15-16(20(4,12-21)11-19(15,2)3)17(18(23)24-5)22(13)14-9-7-6-8-10-14/h6-10H,11H2,1-5H3. The topological polar surface area (TPSA) is 55.0 Å². The Bertz CT molecular complexity index is 856. The van der Waals surface area contributed by atoms with Gasteiger partial charge in [-0.15, -0.1) is 0 Å². The molecule has 124 valence electrons. The monoisotopic (exact) mass is 322 g/mol. The van der Waals surface area contributed by atoms with Gasteiger partial charge in [-0.05, 0) is 43.4 Å². The Morgan fingerprint density at radius 2 is 1.83 bits per heavy atom. The van der Waals surface area contributed by atoms with Crippen LogP contribution in [0.25, 0.3) is 5.69 Å². The number of nitriles is 1. The fourth-order valence-electron chi connectivity index (χ4n) is 4.40. The molecule has 24 heavy (non-hydrogen) atoms. The number of ether oxygens (including phenoxy) is 1. The minimum absolute atomic E-state index is 0.174. The summed E-state index contributed by atoms with van der Waals surface area (Å²) in [4.78, 5) is 12.6. The van der Waals surface area contributed by atoms with Crippen molar-refractivity contribution in [2.75, 3.05) is 7.11 Å². The lowest BCUT2D eigenvalue weighted by Crippen LogP contribution is -2.24. The Morgan fingerprint density at radius 1 is 1.21 bits per heavy atom. The van der Waals surface area contributed by atoms with Gasteiger partial charge in [0.05, 0.1) is 18.6 Å². The summed E-state index contributed by atoms with van der Waals surface area (Å²) in [5, 5.41) is 9.84. The third-order valence-electron chi connectivity index (χ3n) is 5.07. The quantitative estimate of drug-likeness (QED) is 0.784. The molecule has 1 unspecified atom stereocenters. The first-order chi connectivity index (χ1) is 11.3. The van der Waals surface area contributed by atoms with E-state index in [0.29, 0.717) is 12.1 Å². The van der Waals surface area contributed by atoms with E-state index in [1.807, 2.05) is 48.7 Å². The van der Waals surface area contributed by atoms with E-state index in [-0.39, 0.29) is 5.41 Å². The fraction of sp³-hybridized carbons (Fsp3) is 0.400. The summed E-state index contributed by atoms with van der Waals surface area (Å²) >= 11 is 0. The molecular formula is C20H22N2O2. The number of fused-ring (bicyclic) bond motifs is 1. The summed E-state index contributed by atoms with van der Waals surface area (Å²) in [6.45, 7) is 8.21. The lowest BCUT2D eigenvalue weighted by Gasteiger charge is -2.24.